The first kappa shape index (κ1) is 20.8. The van der Waals surface area contributed by atoms with Crippen molar-refractivity contribution in [1.29, 1.82) is 0 Å². The second-order valence-electron chi connectivity index (χ2n) is 7.39. The molecule has 2 aliphatic rings. The molecule has 2 unspecified atom stereocenters. The number of hydroxylamine groups is 2. The van der Waals surface area contributed by atoms with Gasteiger partial charge in [-0.05, 0) is 24.5 Å². The smallest absolute Gasteiger partial charge is 0.250 e. The molecule has 1 aromatic heterocycles. The number of nitrogens with zero attached hydrogens (tertiary/aromatic N) is 4. The molecular formula is C19H24FN5O4. The summed E-state index contributed by atoms with van der Waals surface area (Å²) in [5.41, 5.74) is 0. The van der Waals surface area contributed by atoms with Gasteiger partial charge in [0, 0.05) is 12.6 Å². The molecule has 29 heavy (non-hydrogen) atoms. The molecule has 2 N–H and O–H groups in total. The third-order valence-electron chi connectivity index (χ3n) is 5.31. The number of nitrogens with one attached hydrogen (secondary N) is 1. The zero-order valence-electron chi connectivity index (χ0n) is 15.9. The molecule has 2 heterocycles. The van der Waals surface area contributed by atoms with E-state index in [2.05, 4.69) is 15.4 Å². The van der Waals surface area contributed by atoms with Crippen molar-refractivity contribution in [2.24, 2.45) is 16.9 Å². The van der Waals surface area contributed by atoms with E-state index in [1.807, 2.05) is 0 Å². The fourth-order valence-electron chi connectivity index (χ4n) is 3.86. The largest absolute Gasteiger partial charge is 0.309 e. The summed E-state index contributed by atoms with van der Waals surface area (Å²) >= 11 is 0. The Morgan fingerprint density at radius 2 is 2.14 bits per heavy atom. The van der Waals surface area contributed by atoms with Crippen LogP contribution >= 0.6 is 0 Å². The third kappa shape index (κ3) is 5.35. The number of hydrogen-bond acceptors (Lipinski definition) is 6. The number of carbonyl (C=O) groups excluding carboxylic acids is 3. The first-order valence-electron chi connectivity index (χ1n) is 9.66. The van der Waals surface area contributed by atoms with E-state index in [-0.39, 0.29) is 25.2 Å². The molecule has 3 rings (SSSR count). The summed E-state index contributed by atoms with van der Waals surface area (Å²) in [5, 5.41) is 17.8. The maximum absolute atomic E-state index is 13.1. The lowest BCUT2D eigenvalue weighted by molar-refractivity contribution is -0.158. The second-order valence-corrected chi connectivity index (χ2v) is 7.39. The Kier molecular flexibility index (Phi) is 6.86. The van der Waals surface area contributed by atoms with Crippen molar-refractivity contribution in [3.8, 4) is 0 Å². The quantitative estimate of drug-likeness (QED) is 0.389. The van der Waals surface area contributed by atoms with Gasteiger partial charge in [0.05, 0.1) is 18.7 Å². The number of aromatic nitrogens is 1. The van der Waals surface area contributed by atoms with E-state index in [9.17, 15) is 24.0 Å². The lowest BCUT2D eigenvalue weighted by Crippen LogP contribution is -2.46. The summed E-state index contributed by atoms with van der Waals surface area (Å²) in [7, 11) is 0. The zero-order chi connectivity index (χ0) is 20.8. The van der Waals surface area contributed by atoms with Crippen LogP contribution in [-0.2, 0) is 14.4 Å². The number of pyridine rings is 1. The molecule has 3 amide bonds. The van der Waals surface area contributed by atoms with E-state index in [0.29, 0.717) is 17.4 Å². The zero-order valence-corrected chi connectivity index (χ0v) is 15.9. The van der Waals surface area contributed by atoms with Crippen molar-refractivity contribution in [2.45, 2.75) is 44.6 Å². The molecule has 0 bridgehead atoms. The maximum Gasteiger partial charge on any atom is 0.250 e. The standard InChI is InChI=1S/C19H24FN5O4/c20-15-5-6-17(21-10-15)23-18(27)16-7-8-22-25(16)19(28)14(11-24(29)12-26)9-13-3-1-2-4-13/h5-6,8,10,12-14,16,29H,1-4,7,9,11H2,(H,21,23,27). The van der Waals surface area contributed by atoms with Crippen LogP contribution in [0, 0.1) is 17.7 Å². The average molecular weight is 405 g/mol. The lowest BCUT2D eigenvalue weighted by atomic mass is 9.92. The number of anilines is 1. The van der Waals surface area contributed by atoms with Crippen LogP contribution in [0.15, 0.2) is 23.4 Å². The number of hydrogen-bond donors (Lipinski definition) is 2. The number of rotatable bonds is 8. The number of halogens is 1. The van der Waals surface area contributed by atoms with Gasteiger partial charge in [0.2, 0.25) is 12.3 Å². The molecule has 9 nitrogen and oxygen atoms in total. The Morgan fingerprint density at radius 3 is 2.79 bits per heavy atom. The summed E-state index contributed by atoms with van der Waals surface area (Å²) in [6, 6.07) is 1.62. The molecule has 0 spiro atoms. The molecule has 1 fully saturated rings. The highest BCUT2D eigenvalue weighted by atomic mass is 19.1. The van der Waals surface area contributed by atoms with Crippen molar-refractivity contribution in [3.63, 3.8) is 0 Å². The van der Waals surface area contributed by atoms with Crippen LogP contribution in [0.5, 0.6) is 0 Å². The van der Waals surface area contributed by atoms with Crippen LogP contribution < -0.4 is 5.32 Å². The van der Waals surface area contributed by atoms with Gasteiger partial charge in [0.1, 0.15) is 17.7 Å². The van der Waals surface area contributed by atoms with E-state index in [0.717, 1.165) is 36.9 Å². The highest BCUT2D eigenvalue weighted by molar-refractivity contribution is 5.99. The van der Waals surface area contributed by atoms with Crippen LogP contribution in [0.4, 0.5) is 10.2 Å². The van der Waals surface area contributed by atoms with Crippen molar-refractivity contribution in [1.82, 2.24) is 15.1 Å². The molecule has 1 saturated carbocycles. The summed E-state index contributed by atoms with van der Waals surface area (Å²) in [6.45, 7) is -0.154. The molecule has 1 aromatic rings. The van der Waals surface area contributed by atoms with Crippen molar-refractivity contribution in [2.75, 3.05) is 11.9 Å². The fraction of sp³-hybridized carbons (Fsp3) is 0.526. The third-order valence-corrected chi connectivity index (χ3v) is 5.31. The Hall–Kier alpha value is -2.88. The molecule has 1 aliphatic carbocycles. The molecule has 0 saturated heterocycles. The Bertz CT molecular complexity index is 766. The summed E-state index contributed by atoms with van der Waals surface area (Å²) in [5.74, 6) is -1.60. The maximum atomic E-state index is 13.1. The van der Waals surface area contributed by atoms with E-state index in [4.69, 9.17) is 0 Å². The van der Waals surface area contributed by atoms with Crippen LogP contribution in [-0.4, -0.2) is 57.3 Å². The Labute approximate surface area is 167 Å². The molecule has 156 valence electrons. The summed E-state index contributed by atoms with van der Waals surface area (Å²) < 4.78 is 13.0. The van der Waals surface area contributed by atoms with E-state index < -0.39 is 29.6 Å². The minimum Gasteiger partial charge on any atom is -0.309 e. The summed E-state index contributed by atoms with van der Waals surface area (Å²) in [4.78, 5) is 40.4. The topological polar surface area (TPSA) is 115 Å². The molecule has 1 aliphatic heterocycles. The van der Waals surface area contributed by atoms with Gasteiger partial charge in [0.15, 0.2) is 0 Å². The second kappa shape index (κ2) is 9.55. The molecule has 2 atom stereocenters. The van der Waals surface area contributed by atoms with Gasteiger partial charge >= 0.3 is 0 Å². The van der Waals surface area contributed by atoms with Gasteiger partial charge < -0.3 is 5.32 Å². The van der Waals surface area contributed by atoms with Crippen molar-refractivity contribution in [3.05, 3.63) is 24.1 Å². The predicted octanol–water partition coefficient (Wildman–Crippen LogP) is 1.79. The monoisotopic (exact) mass is 405 g/mol. The van der Waals surface area contributed by atoms with E-state index in [1.54, 1.807) is 0 Å². The van der Waals surface area contributed by atoms with Crippen LogP contribution in [0.3, 0.4) is 0 Å². The van der Waals surface area contributed by atoms with Crippen LogP contribution in [0.25, 0.3) is 0 Å². The van der Waals surface area contributed by atoms with Crippen LogP contribution in [0.2, 0.25) is 0 Å². The Morgan fingerprint density at radius 1 is 1.38 bits per heavy atom. The average Bonchev–Trinajstić information content (AvgIpc) is 3.40. The predicted molar refractivity (Wildman–Crippen MR) is 101 cm³/mol. The summed E-state index contributed by atoms with van der Waals surface area (Å²) in [6.07, 6.45) is 7.65. The van der Waals surface area contributed by atoms with Gasteiger partial charge in [-0.15, -0.1) is 0 Å². The van der Waals surface area contributed by atoms with Gasteiger partial charge in [-0.3, -0.25) is 19.6 Å². The molecular weight excluding hydrogens is 381 g/mol. The number of hydrazone groups is 1. The minimum atomic E-state index is -0.871. The fourth-order valence-corrected chi connectivity index (χ4v) is 3.86. The number of amides is 3. The van der Waals surface area contributed by atoms with Crippen molar-refractivity contribution >= 4 is 30.3 Å². The van der Waals surface area contributed by atoms with E-state index >= 15 is 0 Å². The van der Waals surface area contributed by atoms with Crippen LogP contribution in [0.1, 0.15) is 38.5 Å². The SMILES string of the molecule is O=CN(O)CC(CC1CCCC1)C(=O)N1N=CCC1C(=O)Nc1ccc(F)cn1. The first-order valence-corrected chi connectivity index (χ1v) is 9.66. The van der Waals surface area contributed by atoms with Gasteiger partial charge in [0.25, 0.3) is 5.91 Å². The van der Waals surface area contributed by atoms with Gasteiger partial charge in [-0.1, -0.05) is 25.7 Å². The van der Waals surface area contributed by atoms with E-state index in [1.165, 1.54) is 18.3 Å². The highest BCUT2D eigenvalue weighted by Gasteiger charge is 2.38. The lowest BCUT2D eigenvalue weighted by Gasteiger charge is -2.28. The number of carbonyl (C=O) groups is 3. The minimum absolute atomic E-state index is 0.154. The first-order chi connectivity index (χ1) is 14.0. The normalized spacial score (nSPS) is 19.9. The molecule has 0 aromatic carbocycles. The van der Waals surface area contributed by atoms with Crippen molar-refractivity contribution < 1.29 is 24.0 Å². The van der Waals surface area contributed by atoms with Gasteiger partial charge in [-0.2, -0.15) is 5.10 Å². The molecule has 0 radical (unpaired) electrons. The van der Waals surface area contributed by atoms with Gasteiger partial charge in [-0.25, -0.2) is 19.4 Å². The Balaban J connectivity index is 1.69. The highest BCUT2D eigenvalue weighted by Crippen LogP contribution is 2.32. The molecule has 10 heteroatoms.